The van der Waals surface area contributed by atoms with E-state index in [9.17, 15) is 24.6 Å². The van der Waals surface area contributed by atoms with Crippen LogP contribution in [0.4, 0.5) is 10.5 Å². The summed E-state index contributed by atoms with van der Waals surface area (Å²) in [6.07, 6.45) is -6.03. The van der Waals surface area contributed by atoms with E-state index in [-0.39, 0.29) is 22.3 Å². The SMILES string of the molecule is CO[C@@H]1[C@@H](OC(N)=O)[C@@H](O)[C@H](Oc2ccc3c(O)c(NC(=O)c4ccc5ccccc5c4)c(=O)oc3c2C)OC1(C)C. The van der Waals surface area contributed by atoms with E-state index < -0.39 is 59.3 Å². The summed E-state index contributed by atoms with van der Waals surface area (Å²) in [7, 11) is 1.38. The lowest BCUT2D eigenvalue weighted by molar-refractivity contribution is -0.304. The van der Waals surface area contributed by atoms with Gasteiger partial charge in [-0.3, -0.25) is 4.79 Å². The van der Waals surface area contributed by atoms with Crippen molar-refractivity contribution in [3.8, 4) is 11.5 Å². The number of nitrogens with one attached hydrogen (secondary N) is 1. The molecule has 220 valence electrons. The van der Waals surface area contributed by atoms with Crippen molar-refractivity contribution in [1.82, 2.24) is 0 Å². The van der Waals surface area contributed by atoms with Crippen molar-refractivity contribution in [1.29, 1.82) is 0 Å². The number of hydrogen-bond donors (Lipinski definition) is 4. The Kier molecular flexibility index (Phi) is 7.54. The Bertz CT molecular complexity index is 1750. The minimum Gasteiger partial charge on any atom is -0.505 e. The summed E-state index contributed by atoms with van der Waals surface area (Å²) < 4.78 is 27.9. The molecule has 42 heavy (non-hydrogen) atoms. The Balaban J connectivity index is 1.44. The first-order chi connectivity index (χ1) is 19.9. The number of amides is 2. The van der Waals surface area contributed by atoms with Gasteiger partial charge in [0, 0.05) is 18.2 Å². The normalized spacial score (nSPS) is 21.6. The molecule has 1 fully saturated rings. The summed E-state index contributed by atoms with van der Waals surface area (Å²) in [4.78, 5) is 37.4. The molecule has 5 rings (SSSR count). The zero-order chi connectivity index (χ0) is 30.3. The second kappa shape index (κ2) is 11.0. The first-order valence-corrected chi connectivity index (χ1v) is 13.0. The molecule has 1 aliphatic rings. The summed E-state index contributed by atoms with van der Waals surface area (Å²) in [6, 6.07) is 15.5. The van der Waals surface area contributed by atoms with Crippen LogP contribution in [-0.4, -0.2) is 59.5 Å². The minimum atomic E-state index is -1.50. The molecule has 3 aromatic carbocycles. The summed E-state index contributed by atoms with van der Waals surface area (Å²) in [5.74, 6) is -0.947. The molecule has 1 saturated heterocycles. The number of aliphatic hydroxyl groups is 1. The van der Waals surface area contributed by atoms with Crippen molar-refractivity contribution < 1.29 is 43.2 Å². The number of aliphatic hydroxyl groups excluding tert-OH is 1. The molecule has 1 aromatic heterocycles. The number of aromatic hydroxyl groups is 1. The number of carbonyl (C=O) groups excluding carboxylic acids is 2. The number of ether oxygens (including phenoxy) is 4. The molecular formula is C30H30N2O10. The number of anilines is 1. The van der Waals surface area contributed by atoms with Crippen molar-refractivity contribution in [3.63, 3.8) is 0 Å². The Morgan fingerprint density at radius 1 is 1.07 bits per heavy atom. The quantitative estimate of drug-likeness (QED) is 0.247. The van der Waals surface area contributed by atoms with E-state index in [2.05, 4.69) is 5.32 Å². The van der Waals surface area contributed by atoms with Crippen molar-refractivity contribution in [2.24, 2.45) is 5.73 Å². The maximum absolute atomic E-state index is 13.0. The van der Waals surface area contributed by atoms with E-state index in [1.165, 1.54) is 19.2 Å². The van der Waals surface area contributed by atoms with Gasteiger partial charge in [-0.1, -0.05) is 30.3 Å². The zero-order valence-corrected chi connectivity index (χ0v) is 23.2. The van der Waals surface area contributed by atoms with Crippen LogP contribution in [0.15, 0.2) is 63.8 Å². The van der Waals surface area contributed by atoms with E-state index in [1.54, 1.807) is 39.0 Å². The molecule has 12 heteroatoms. The first kappa shape index (κ1) is 28.9. The Labute approximate surface area is 239 Å². The lowest BCUT2D eigenvalue weighted by atomic mass is 9.89. The highest BCUT2D eigenvalue weighted by atomic mass is 16.7. The van der Waals surface area contributed by atoms with Gasteiger partial charge in [-0.2, -0.15) is 0 Å². The minimum absolute atomic E-state index is 0.0111. The highest BCUT2D eigenvalue weighted by Crippen LogP contribution is 2.38. The number of hydrogen-bond acceptors (Lipinski definition) is 10. The predicted octanol–water partition coefficient (Wildman–Crippen LogP) is 3.57. The second-order valence-corrected chi connectivity index (χ2v) is 10.5. The fraction of sp³-hybridized carbons (Fsp3) is 0.300. The van der Waals surface area contributed by atoms with Crippen molar-refractivity contribution in [2.45, 2.75) is 51.0 Å². The fourth-order valence-electron chi connectivity index (χ4n) is 5.19. The van der Waals surface area contributed by atoms with Crippen LogP contribution < -0.4 is 21.4 Å². The van der Waals surface area contributed by atoms with E-state index in [4.69, 9.17) is 29.1 Å². The van der Waals surface area contributed by atoms with Crippen LogP contribution in [0.3, 0.4) is 0 Å². The van der Waals surface area contributed by atoms with Crippen LogP contribution in [0.2, 0.25) is 0 Å². The Hall–Kier alpha value is -4.65. The number of methoxy groups -OCH3 is 1. The standard InChI is InChI=1S/C30H30N2O10/c1-14-19(39-28-22(34)24(41-29(31)37)25(38-4)30(2,3)42-28)12-11-18-21(33)20(27(36)40-23(14)18)32-26(35)17-10-9-15-7-5-6-8-16(15)13-17/h5-13,22,24-25,28,33-34H,1-4H3,(H2,31,37)(H,32,35)/t22-,24+,25-,28-/m1/s1. The summed E-state index contributed by atoms with van der Waals surface area (Å²) in [6.45, 7) is 4.90. The molecule has 12 nitrogen and oxygen atoms in total. The molecule has 0 bridgehead atoms. The molecule has 4 aromatic rings. The largest absolute Gasteiger partial charge is 0.505 e. The molecule has 5 N–H and O–H groups in total. The number of benzene rings is 3. The third-order valence-electron chi connectivity index (χ3n) is 7.27. The van der Waals surface area contributed by atoms with Crippen LogP contribution in [-0.2, 0) is 14.2 Å². The molecular weight excluding hydrogens is 548 g/mol. The van der Waals surface area contributed by atoms with Gasteiger partial charge >= 0.3 is 11.7 Å². The monoisotopic (exact) mass is 578 g/mol. The number of primary amides is 1. The Morgan fingerprint density at radius 3 is 2.48 bits per heavy atom. The third kappa shape index (κ3) is 5.22. The van der Waals surface area contributed by atoms with E-state index in [0.717, 1.165) is 10.8 Å². The molecule has 2 amide bonds. The van der Waals surface area contributed by atoms with Gasteiger partial charge in [-0.25, -0.2) is 9.59 Å². The molecule has 0 unspecified atom stereocenters. The molecule has 0 spiro atoms. The molecule has 2 heterocycles. The molecule has 0 saturated carbocycles. The highest BCUT2D eigenvalue weighted by Gasteiger charge is 2.53. The molecule has 0 radical (unpaired) electrons. The van der Waals surface area contributed by atoms with Gasteiger partial charge in [0.05, 0.1) is 11.0 Å². The van der Waals surface area contributed by atoms with Crippen LogP contribution in [0.25, 0.3) is 21.7 Å². The second-order valence-electron chi connectivity index (χ2n) is 10.5. The van der Waals surface area contributed by atoms with Gasteiger partial charge in [0.15, 0.2) is 23.6 Å². The van der Waals surface area contributed by atoms with Gasteiger partial charge < -0.3 is 44.6 Å². The van der Waals surface area contributed by atoms with Gasteiger partial charge in [0.25, 0.3) is 5.91 Å². The highest BCUT2D eigenvalue weighted by molar-refractivity contribution is 6.08. The number of fused-ring (bicyclic) bond motifs is 2. The summed E-state index contributed by atoms with van der Waals surface area (Å²) >= 11 is 0. The van der Waals surface area contributed by atoms with Crippen LogP contribution in [0.1, 0.15) is 29.8 Å². The summed E-state index contributed by atoms with van der Waals surface area (Å²) in [5, 5.41) is 26.3. The van der Waals surface area contributed by atoms with E-state index >= 15 is 0 Å². The summed E-state index contributed by atoms with van der Waals surface area (Å²) in [5.41, 5.74) is 3.29. The maximum atomic E-state index is 13.0. The number of nitrogens with two attached hydrogens (primary N) is 1. The smallest absolute Gasteiger partial charge is 0.404 e. The van der Waals surface area contributed by atoms with E-state index in [1.807, 2.05) is 24.3 Å². The van der Waals surface area contributed by atoms with Gasteiger partial charge in [-0.05, 0) is 55.8 Å². The van der Waals surface area contributed by atoms with Crippen LogP contribution >= 0.6 is 0 Å². The molecule has 1 aliphatic heterocycles. The number of carbonyl (C=O) groups is 2. The number of aryl methyl sites for hydroxylation is 1. The van der Waals surface area contributed by atoms with Gasteiger partial charge in [0.1, 0.15) is 17.4 Å². The van der Waals surface area contributed by atoms with Crippen LogP contribution in [0, 0.1) is 6.92 Å². The lowest BCUT2D eigenvalue weighted by Crippen LogP contribution is -2.65. The topological polar surface area (TPSA) is 180 Å². The van der Waals surface area contributed by atoms with Gasteiger partial charge in [-0.15, -0.1) is 0 Å². The zero-order valence-electron chi connectivity index (χ0n) is 23.2. The van der Waals surface area contributed by atoms with E-state index in [0.29, 0.717) is 5.56 Å². The van der Waals surface area contributed by atoms with Crippen molar-refractivity contribution >= 4 is 39.4 Å². The molecule has 0 aliphatic carbocycles. The van der Waals surface area contributed by atoms with Gasteiger partial charge in [0.2, 0.25) is 6.29 Å². The fourth-order valence-corrected chi connectivity index (χ4v) is 5.19. The average molecular weight is 579 g/mol. The van der Waals surface area contributed by atoms with Crippen LogP contribution in [0.5, 0.6) is 11.5 Å². The predicted molar refractivity (Wildman–Crippen MR) is 152 cm³/mol. The first-order valence-electron chi connectivity index (χ1n) is 13.0. The Morgan fingerprint density at radius 2 is 1.79 bits per heavy atom. The third-order valence-corrected chi connectivity index (χ3v) is 7.27. The maximum Gasteiger partial charge on any atom is 0.404 e. The molecule has 4 atom stereocenters. The lowest BCUT2D eigenvalue weighted by Gasteiger charge is -2.47. The average Bonchev–Trinajstić information content (AvgIpc) is 2.94. The van der Waals surface area contributed by atoms with Crippen molar-refractivity contribution in [3.05, 3.63) is 76.1 Å². The van der Waals surface area contributed by atoms with Crippen molar-refractivity contribution in [2.75, 3.05) is 12.4 Å². The number of rotatable bonds is 6.